The van der Waals surface area contributed by atoms with E-state index >= 15 is 0 Å². The van der Waals surface area contributed by atoms with Crippen LogP contribution in [0, 0.1) is 18.3 Å². The Labute approximate surface area is 121 Å². The Kier molecular flexibility index (Phi) is 3.36. The van der Waals surface area contributed by atoms with E-state index in [0.29, 0.717) is 10.9 Å². The predicted octanol–water partition coefficient (Wildman–Crippen LogP) is 3.96. The summed E-state index contributed by atoms with van der Waals surface area (Å²) in [7, 11) is 0. The molecule has 0 fully saturated rings. The van der Waals surface area contributed by atoms with Gasteiger partial charge in [0.15, 0.2) is 5.16 Å². The molecule has 0 aliphatic heterocycles. The van der Waals surface area contributed by atoms with E-state index < -0.39 is 0 Å². The number of hydrogen-bond acceptors (Lipinski definition) is 4. The number of aryl methyl sites for hydroxylation is 1. The molecular formula is C16H11N3S. The Morgan fingerprint density at radius 2 is 1.80 bits per heavy atom. The minimum absolute atomic E-state index is 0.404. The molecule has 0 aliphatic carbocycles. The summed E-state index contributed by atoms with van der Waals surface area (Å²) in [5, 5.41) is 11.9. The van der Waals surface area contributed by atoms with E-state index in [1.54, 1.807) is 6.07 Å². The summed E-state index contributed by atoms with van der Waals surface area (Å²) >= 11 is 1.47. The lowest BCUT2D eigenvalue weighted by molar-refractivity contribution is 0.920. The molecule has 0 spiro atoms. The maximum absolute atomic E-state index is 8.94. The van der Waals surface area contributed by atoms with Crippen LogP contribution in [0.25, 0.3) is 10.8 Å². The van der Waals surface area contributed by atoms with Crippen LogP contribution in [0.3, 0.4) is 0 Å². The Morgan fingerprint density at radius 3 is 2.60 bits per heavy atom. The highest BCUT2D eigenvalue weighted by molar-refractivity contribution is 7.99. The molecule has 3 aromatic rings. The highest BCUT2D eigenvalue weighted by Crippen LogP contribution is 2.28. The van der Waals surface area contributed by atoms with Crippen molar-refractivity contribution in [3.63, 3.8) is 0 Å². The van der Waals surface area contributed by atoms with Crippen LogP contribution in [-0.4, -0.2) is 9.97 Å². The van der Waals surface area contributed by atoms with Crippen LogP contribution < -0.4 is 0 Å². The van der Waals surface area contributed by atoms with E-state index in [9.17, 15) is 0 Å². The third-order valence-electron chi connectivity index (χ3n) is 2.88. The van der Waals surface area contributed by atoms with Gasteiger partial charge in [-0.1, -0.05) is 30.3 Å². The lowest BCUT2D eigenvalue weighted by atomic mass is 10.1. The number of nitrogens with zero attached hydrogens (tertiary/aromatic N) is 3. The number of rotatable bonds is 2. The molecule has 0 saturated heterocycles. The summed E-state index contributed by atoms with van der Waals surface area (Å²) in [5.74, 6) is 0. The van der Waals surface area contributed by atoms with Gasteiger partial charge >= 0.3 is 0 Å². The highest BCUT2D eigenvalue weighted by atomic mass is 32.2. The van der Waals surface area contributed by atoms with Crippen molar-refractivity contribution in [3.8, 4) is 6.07 Å². The number of hydrogen-bond donors (Lipinski definition) is 0. The summed E-state index contributed by atoms with van der Waals surface area (Å²) in [6.07, 6.45) is 0. The van der Waals surface area contributed by atoms with Gasteiger partial charge < -0.3 is 0 Å². The topological polar surface area (TPSA) is 49.6 Å². The molecule has 0 aliphatic rings. The zero-order valence-corrected chi connectivity index (χ0v) is 11.7. The summed E-state index contributed by atoms with van der Waals surface area (Å²) in [6.45, 7) is 1.87. The second-order valence-electron chi connectivity index (χ2n) is 4.40. The van der Waals surface area contributed by atoms with Gasteiger partial charge in [-0.3, -0.25) is 0 Å². The Morgan fingerprint density at radius 1 is 1.00 bits per heavy atom. The normalized spacial score (nSPS) is 10.4. The molecule has 0 atom stereocenters. The van der Waals surface area contributed by atoms with E-state index in [1.807, 2.05) is 25.1 Å². The molecule has 4 heteroatoms. The SMILES string of the molecule is Cc1cc(C#N)nc(Sc2ccc3ccccc3c2)n1. The summed E-state index contributed by atoms with van der Waals surface area (Å²) in [6, 6.07) is 18.2. The third kappa shape index (κ3) is 2.63. The minimum atomic E-state index is 0.404. The van der Waals surface area contributed by atoms with Crippen molar-refractivity contribution in [1.82, 2.24) is 9.97 Å². The summed E-state index contributed by atoms with van der Waals surface area (Å²) in [5.41, 5.74) is 1.21. The van der Waals surface area contributed by atoms with Gasteiger partial charge in [0.2, 0.25) is 0 Å². The monoisotopic (exact) mass is 277 g/mol. The van der Waals surface area contributed by atoms with Crippen LogP contribution >= 0.6 is 11.8 Å². The lowest BCUT2D eigenvalue weighted by Gasteiger charge is -2.04. The molecule has 0 radical (unpaired) electrons. The quantitative estimate of drug-likeness (QED) is 0.665. The molecule has 20 heavy (non-hydrogen) atoms. The summed E-state index contributed by atoms with van der Waals surface area (Å²) in [4.78, 5) is 9.64. The molecule has 1 heterocycles. The maximum Gasteiger partial charge on any atom is 0.193 e. The molecule has 96 valence electrons. The fraction of sp³-hybridized carbons (Fsp3) is 0.0625. The molecule has 0 bridgehead atoms. The van der Waals surface area contributed by atoms with Gasteiger partial charge in [0.1, 0.15) is 11.8 Å². The second kappa shape index (κ2) is 5.32. The van der Waals surface area contributed by atoms with Crippen LogP contribution in [0.5, 0.6) is 0 Å². The van der Waals surface area contributed by atoms with E-state index in [4.69, 9.17) is 5.26 Å². The number of aromatic nitrogens is 2. The fourth-order valence-corrected chi connectivity index (χ4v) is 2.85. The van der Waals surface area contributed by atoms with Crippen LogP contribution in [-0.2, 0) is 0 Å². The number of fused-ring (bicyclic) bond motifs is 1. The molecule has 3 rings (SSSR count). The predicted molar refractivity (Wildman–Crippen MR) is 79.6 cm³/mol. The lowest BCUT2D eigenvalue weighted by Crippen LogP contribution is -1.93. The van der Waals surface area contributed by atoms with Crippen molar-refractivity contribution in [2.45, 2.75) is 17.0 Å². The fourth-order valence-electron chi connectivity index (χ4n) is 1.98. The van der Waals surface area contributed by atoms with Crippen molar-refractivity contribution >= 4 is 22.5 Å². The highest BCUT2D eigenvalue weighted by Gasteiger charge is 2.05. The van der Waals surface area contributed by atoms with Crippen molar-refractivity contribution < 1.29 is 0 Å². The minimum Gasteiger partial charge on any atom is -0.228 e. The van der Waals surface area contributed by atoms with Gasteiger partial charge in [0.25, 0.3) is 0 Å². The van der Waals surface area contributed by atoms with Gasteiger partial charge in [0, 0.05) is 10.6 Å². The van der Waals surface area contributed by atoms with Crippen LogP contribution in [0.4, 0.5) is 0 Å². The maximum atomic E-state index is 8.94. The van der Waals surface area contributed by atoms with E-state index in [-0.39, 0.29) is 0 Å². The third-order valence-corrected chi connectivity index (χ3v) is 3.73. The zero-order valence-electron chi connectivity index (χ0n) is 10.9. The summed E-state index contributed by atoms with van der Waals surface area (Å²) < 4.78 is 0. The Hall–Kier alpha value is -2.38. The Bertz CT molecular complexity index is 821. The van der Waals surface area contributed by atoms with Crippen LogP contribution in [0.15, 0.2) is 58.6 Å². The zero-order chi connectivity index (χ0) is 13.9. The smallest absolute Gasteiger partial charge is 0.193 e. The van der Waals surface area contributed by atoms with Gasteiger partial charge in [-0.05, 0) is 47.7 Å². The molecular weight excluding hydrogens is 266 g/mol. The van der Waals surface area contributed by atoms with Gasteiger partial charge in [-0.2, -0.15) is 5.26 Å². The second-order valence-corrected chi connectivity index (χ2v) is 5.44. The first kappa shape index (κ1) is 12.6. The van der Waals surface area contributed by atoms with Gasteiger partial charge in [-0.25, -0.2) is 9.97 Å². The molecule has 0 amide bonds. The first-order chi connectivity index (χ1) is 9.74. The molecule has 1 aromatic heterocycles. The first-order valence-electron chi connectivity index (χ1n) is 6.17. The van der Waals surface area contributed by atoms with E-state index in [1.165, 1.54) is 22.5 Å². The molecule has 0 saturated carbocycles. The van der Waals surface area contributed by atoms with Crippen molar-refractivity contribution in [3.05, 3.63) is 59.9 Å². The molecule has 0 N–H and O–H groups in total. The largest absolute Gasteiger partial charge is 0.228 e. The van der Waals surface area contributed by atoms with Crippen molar-refractivity contribution in [2.24, 2.45) is 0 Å². The van der Waals surface area contributed by atoms with Crippen LogP contribution in [0.2, 0.25) is 0 Å². The average molecular weight is 277 g/mol. The molecule has 0 unspecified atom stereocenters. The van der Waals surface area contributed by atoms with E-state index in [0.717, 1.165) is 10.6 Å². The van der Waals surface area contributed by atoms with Gasteiger partial charge in [0.05, 0.1) is 0 Å². The van der Waals surface area contributed by atoms with Crippen LogP contribution in [0.1, 0.15) is 11.4 Å². The average Bonchev–Trinajstić information content (AvgIpc) is 2.46. The van der Waals surface area contributed by atoms with Crippen molar-refractivity contribution in [2.75, 3.05) is 0 Å². The van der Waals surface area contributed by atoms with Crippen molar-refractivity contribution in [1.29, 1.82) is 5.26 Å². The number of nitriles is 1. The molecule has 2 aromatic carbocycles. The van der Waals surface area contributed by atoms with E-state index in [2.05, 4.69) is 40.3 Å². The first-order valence-corrected chi connectivity index (χ1v) is 6.99. The number of benzene rings is 2. The standard InChI is InChI=1S/C16H11N3S/c1-11-8-14(10-17)19-16(18-11)20-15-7-6-12-4-2-3-5-13(12)9-15/h2-9H,1H3. The Balaban J connectivity index is 1.97. The van der Waals surface area contributed by atoms with Gasteiger partial charge in [-0.15, -0.1) is 0 Å². The molecule has 3 nitrogen and oxygen atoms in total.